The summed E-state index contributed by atoms with van der Waals surface area (Å²) in [4.78, 5) is 0. The highest BCUT2D eigenvalue weighted by Crippen LogP contribution is 2.29. The van der Waals surface area contributed by atoms with Gasteiger partial charge in [-0.1, -0.05) is 24.2 Å². The van der Waals surface area contributed by atoms with Crippen LogP contribution in [0, 0.1) is 0 Å². The molecule has 16 heavy (non-hydrogen) atoms. The third kappa shape index (κ3) is 1.81. The molecule has 5 nitrogen and oxygen atoms in total. The molecule has 1 heterocycles. The molecule has 0 aliphatic rings. The lowest BCUT2D eigenvalue weighted by Gasteiger charge is -2.08. The van der Waals surface area contributed by atoms with Crippen LogP contribution in [0.1, 0.15) is 24.3 Å². The van der Waals surface area contributed by atoms with Crippen LogP contribution >= 0.6 is 0 Å². The van der Waals surface area contributed by atoms with E-state index in [-0.39, 0.29) is 0 Å². The zero-order chi connectivity index (χ0) is 11.8. The fraction of sp³-hybridized carbons (Fsp3) is 0.300. The number of nitrogens with zero attached hydrogens (tertiary/aromatic N) is 1. The number of hydrogen-bond donors (Lipinski definition) is 1. The highest BCUT2D eigenvalue weighted by atomic mass is 32.2. The van der Waals surface area contributed by atoms with Crippen molar-refractivity contribution >= 4 is 21.0 Å². The number of hydrogen-bond acceptors (Lipinski definition) is 4. The van der Waals surface area contributed by atoms with Crippen LogP contribution in [0.5, 0.6) is 0 Å². The average Bonchev–Trinajstić information content (AvgIpc) is 2.61. The topological polar surface area (TPSA) is 86.2 Å². The summed E-state index contributed by atoms with van der Waals surface area (Å²) in [6.07, 6.45) is 0.370. The summed E-state index contributed by atoms with van der Waals surface area (Å²) >= 11 is 0. The molecule has 1 aromatic carbocycles. The molecule has 0 radical (unpaired) electrons. The molecule has 2 rings (SSSR count). The molecule has 0 aliphatic heterocycles. The van der Waals surface area contributed by atoms with Crippen molar-refractivity contribution in [3.05, 3.63) is 30.0 Å². The number of nitrogens with two attached hydrogens (primary N) is 1. The lowest BCUT2D eigenvalue weighted by Crippen LogP contribution is -2.21. The smallest absolute Gasteiger partial charge is 0.217 e. The van der Waals surface area contributed by atoms with Crippen LogP contribution in [0.3, 0.4) is 0 Å². The number of sulfonamides is 1. The van der Waals surface area contributed by atoms with Crippen molar-refractivity contribution < 1.29 is 12.9 Å². The van der Waals surface area contributed by atoms with E-state index in [1.165, 1.54) is 0 Å². The van der Waals surface area contributed by atoms with Gasteiger partial charge in [-0.05, 0) is 18.6 Å². The molecule has 1 unspecified atom stereocenters. The molecule has 0 saturated heterocycles. The lowest BCUT2D eigenvalue weighted by molar-refractivity contribution is 0.442. The average molecular weight is 240 g/mol. The van der Waals surface area contributed by atoms with E-state index in [4.69, 9.17) is 9.66 Å². The molecule has 0 saturated carbocycles. The summed E-state index contributed by atoms with van der Waals surface area (Å²) in [5, 5.41) is 8.85. The zero-order valence-corrected chi connectivity index (χ0v) is 9.57. The van der Waals surface area contributed by atoms with Crippen LogP contribution in [0.2, 0.25) is 0 Å². The van der Waals surface area contributed by atoms with E-state index in [1.807, 2.05) is 0 Å². The SMILES string of the molecule is CCC(c1noc2ccccc12)S(N)(=O)=O. The van der Waals surface area contributed by atoms with Gasteiger partial charge in [-0.25, -0.2) is 13.6 Å². The fourth-order valence-electron chi connectivity index (χ4n) is 1.72. The number of primary sulfonamides is 1. The summed E-state index contributed by atoms with van der Waals surface area (Å²) in [5.41, 5.74) is 0.959. The first-order chi connectivity index (χ1) is 7.54. The molecule has 2 aromatic rings. The number of benzene rings is 1. The van der Waals surface area contributed by atoms with Crippen molar-refractivity contribution in [2.45, 2.75) is 18.6 Å². The van der Waals surface area contributed by atoms with Crippen LogP contribution in [-0.4, -0.2) is 13.6 Å². The Balaban J connectivity index is 2.63. The van der Waals surface area contributed by atoms with E-state index in [9.17, 15) is 8.42 Å². The van der Waals surface area contributed by atoms with Crippen molar-refractivity contribution in [2.75, 3.05) is 0 Å². The largest absolute Gasteiger partial charge is 0.356 e. The van der Waals surface area contributed by atoms with Gasteiger partial charge in [0.15, 0.2) is 5.58 Å². The molecule has 0 bridgehead atoms. The Morgan fingerprint density at radius 3 is 2.75 bits per heavy atom. The third-order valence-corrected chi connectivity index (χ3v) is 3.83. The Bertz CT molecular complexity index is 603. The minimum atomic E-state index is -3.65. The zero-order valence-electron chi connectivity index (χ0n) is 8.75. The highest BCUT2D eigenvalue weighted by molar-refractivity contribution is 7.89. The summed E-state index contributed by atoms with van der Waals surface area (Å²) < 4.78 is 27.9. The standard InChI is InChI=1S/C10H12N2O3S/c1-2-9(16(11,13)14)10-7-5-3-4-6-8(7)15-12-10/h3-6,9H,2H2,1H3,(H2,11,13,14). The van der Waals surface area contributed by atoms with Gasteiger partial charge in [-0.15, -0.1) is 0 Å². The fourth-order valence-corrected chi connectivity index (χ4v) is 2.66. The molecular formula is C10H12N2O3S. The van der Waals surface area contributed by atoms with Gasteiger partial charge in [0.2, 0.25) is 10.0 Å². The quantitative estimate of drug-likeness (QED) is 0.882. The summed E-state index contributed by atoms with van der Waals surface area (Å²) in [7, 11) is -3.65. The van der Waals surface area contributed by atoms with Crippen molar-refractivity contribution in [3.63, 3.8) is 0 Å². The maximum atomic E-state index is 11.4. The summed E-state index contributed by atoms with van der Waals surface area (Å²) in [6.45, 7) is 1.75. The molecule has 0 aliphatic carbocycles. The Hall–Kier alpha value is -1.40. The first-order valence-corrected chi connectivity index (χ1v) is 6.51. The second kappa shape index (κ2) is 3.88. The van der Waals surface area contributed by atoms with Crippen LogP contribution in [-0.2, 0) is 10.0 Å². The van der Waals surface area contributed by atoms with Crippen molar-refractivity contribution in [2.24, 2.45) is 5.14 Å². The predicted molar refractivity (Wildman–Crippen MR) is 60.1 cm³/mol. The van der Waals surface area contributed by atoms with Gasteiger partial charge >= 0.3 is 0 Å². The highest BCUT2D eigenvalue weighted by Gasteiger charge is 2.26. The first-order valence-electron chi connectivity index (χ1n) is 4.90. The number of rotatable bonds is 3. The molecule has 0 fully saturated rings. The van der Waals surface area contributed by atoms with E-state index in [2.05, 4.69) is 5.16 Å². The molecule has 1 aromatic heterocycles. The molecule has 86 valence electrons. The number of para-hydroxylation sites is 1. The summed E-state index contributed by atoms with van der Waals surface area (Å²) in [5.74, 6) is 0. The second-order valence-electron chi connectivity index (χ2n) is 3.55. The maximum absolute atomic E-state index is 11.4. The third-order valence-electron chi connectivity index (χ3n) is 2.48. The minimum absolute atomic E-state index is 0.370. The van der Waals surface area contributed by atoms with Crippen LogP contribution in [0.4, 0.5) is 0 Å². The van der Waals surface area contributed by atoms with Crippen LogP contribution < -0.4 is 5.14 Å². The Labute approximate surface area is 93.3 Å². The van der Waals surface area contributed by atoms with Gasteiger partial charge in [0.25, 0.3) is 0 Å². The van der Waals surface area contributed by atoms with Gasteiger partial charge in [-0.2, -0.15) is 0 Å². The van der Waals surface area contributed by atoms with E-state index in [0.717, 1.165) is 0 Å². The van der Waals surface area contributed by atoms with E-state index in [0.29, 0.717) is 23.1 Å². The van der Waals surface area contributed by atoms with Crippen LogP contribution in [0.15, 0.2) is 28.8 Å². The Morgan fingerprint density at radius 1 is 1.44 bits per heavy atom. The Morgan fingerprint density at radius 2 is 2.12 bits per heavy atom. The normalized spacial score (nSPS) is 14.1. The molecule has 0 spiro atoms. The van der Waals surface area contributed by atoms with Gasteiger partial charge in [0.05, 0.1) is 0 Å². The lowest BCUT2D eigenvalue weighted by atomic mass is 10.1. The van der Waals surface area contributed by atoms with E-state index >= 15 is 0 Å². The number of fused-ring (bicyclic) bond motifs is 1. The molecule has 1 atom stereocenters. The maximum Gasteiger partial charge on any atom is 0.217 e. The van der Waals surface area contributed by atoms with Crippen LogP contribution in [0.25, 0.3) is 11.0 Å². The Kier molecular flexibility index (Phi) is 2.69. The monoisotopic (exact) mass is 240 g/mol. The molecule has 0 amide bonds. The second-order valence-corrected chi connectivity index (χ2v) is 5.30. The van der Waals surface area contributed by atoms with Gasteiger partial charge in [-0.3, -0.25) is 0 Å². The first kappa shape index (κ1) is 11.1. The van der Waals surface area contributed by atoms with Gasteiger partial charge in [0, 0.05) is 5.39 Å². The van der Waals surface area contributed by atoms with Crippen molar-refractivity contribution in [1.82, 2.24) is 5.16 Å². The van der Waals surface area contributed by atoms with E-state index in [1.54, 1.807) is 31.2 Å². The summed E-state index contributed by atoms with van der Waals surface area (Å²) in [6, 6.07) is 7.12. The molecule has 2 N–H and O–H groups in total. The van der Waals surface area contributed by atoms with Crippen molar-refractivity contribution in [1.29, 1.82) is 0 Å². The van der Waals surface area contributed by atoms with Crippen molar-refractivity contribution in [3.8, 4) is 0 Å². The van der Waals surface area contributed by atoms with E-state index < -0.39 is 15.3 Å². The predicted octanol–water partition coefficient (Wildman–Crippen LogP) is 1.57. The number of aromatic nitrogens is 1. The molecule has 6 heteroatoms. The molecular weight excluding hydrogens is 228 g/mol. The van der Waals surface area contributed by atoms with Gasteiger partial charge in [0.1, 0.15) is 10.9 Å². The minimum Gasteiger partial charge on any atom is -0.356 e. The van der Waals surface area contributed by atoms with Gasteiger partial charge < -0.3 is 4.52 Å².